The molecule has 1 saturated carbocycles. The third kappa shape index (κ3) is 2.50. The van der Waals surface area contributed by atoms with Crippen molar-refractivity contribution in [1.82, 2.24) is 19.9 Å². The van der Waals surface area contributed by atoms with Crippen LogP contribution in [0.2, 0.25) is 10.6 Å². The van der Waals surface area contributed by atoms with E-state index in [9.17, 15) is 0 Å². The third-order valence-electron chi connectivity index (χ3n) is 3.01. The summed E-state index contributed by atoms with van der Waals surface area (Å²) < 4.78 is 0. The lowest BCUT2D eigenvalue weighted by molar-refractivity contribution is 0.833. The zero-order valence-electron chi connectivity index (χ0n) is 10.1. The largest absolute Gasteiger partial charge is 0.324 e. The van der Waals surface area contributed by atoms with Gasteiger partial charge in [-0.1, -0.05) is 0 Å². The first-order valence-corrected chi connectivity index (χ1v) is 6.56. The van der Waals surface area contributed by atoms with Crippen LogP contribution in [0.3, 0.4) is 0 Å². The van der Waals surface area contributed by atoms with Gasteiger partial charge in [-0.25, -0.2) is 6.57 Å². The molecule has 1 N–H and O–H groups in total. The van der Waals surface area contributed by atoms with Crippen LogP contribution in [-0.4, -0.2) is 19.9 Å². The zero-order chi connectivity index (χ0) is 14.2. The molecule has 0 unspecified atom stereocenters. The molecule has 1 fully saturated rings. The molecular formula is C12H8Cl2N6. The van der Waals surface area contributed by atoms with Gasteiger partial charge in [0, 0.05) is 24.7 Å². The highest BCUT2D eigenvalue weighted by Crippen LogP contribution is 2.49. The van der Waals surface area contributed by atoms with Crippen LogP contribution in [0.1, 0.15) is 18.5 Å². The fraction of sp³-hybridized carbons (Fsp3) is 0.250. The second-order valence-corrected chi connectivity index (χ2v) is 5.07. The molecule has 0 atom stereocenters. The molecule has 0 radical (unpaired) electrons. The predicted octanol–water partition coefficient (Wildman–Crippen LogP) is 3.23. The number of halogens is 2. The molecule has 0 aliphatic heterocycles. The molecule has 20 heavy (non-hydrogen) atoms. The Bertz CT molecular complexity index is 687. The molecular weight excluding hydrogens is 299 g/mol. The van der Waals surface area contributed by atoms with Gasteiger partial charge >= 0.3 is 0 Å². The molecule has 0 saturated heterocycles. The van der Waals surface area contributed by atoms with Crippen molar-refractivity contribution < 1.29 is 0 Å². The quantitative estimate of drug-likeness (QED) is 0.882. The fourth-order valence-corrected chi connectivity index (χ4v) is 2.18. The number of aromatic nitrogens is 4. The van der Waals surface area contributed by atoms with Gasteiger partial charge in [0.15, 0.2) is 0 Å². The molecule has 1 aliphatic rings. The van der Waals surface area contributed by atoms with Gasteiger partial charge in [0.05, 0.1) is 0 Å². The molecule has 8 heteroatoms. The summed E-state index contributed by atoms with van der Waals surface area (Å²) in [6, 6.07) is 3.58. The van der Waals surface area contributed by atoms with Gasteiger partial charge in [0.2, 0.25) is 16.5 Å². The molecule has 6 nitrogen and oxygen atoms in total. The maximum absolute atomic E-state index is 7.25. The maximum Gasteiger partial charge on any atom is 0.274 e. The minimum absolute atomic E-state index is 0.0154. The summed E-state index contributed by atoms with van der Waals surface area (Å²) in [5, 5.41) is 3.01. The van der Waals surface area contributed by atoms with Gasteiger partial charge < -0.3 is 10.2 Å². The summed E-state index contributed by atoms with van der Waals surface area (Å²) in [6.45, 7) is 7.25. The molecule has 0 spiro atoms. The Kier molecular flexibility index (Phi) is 3.16. The van der Waals surface area contributed by atoms with E-state index in [0.29, 0.717) is 0 Å². The Labute approximate surface area is 125 Å². The molecule has 0 amide bonds. The second kappa shape index (κ2) is 4.85. The highest BCUT2D eigenvalue weighted by Gasteiger charge is 2.54. The number of rotatable bonds is 3. The summed E-state index contributed by atoms with van der Waals surface area (Å²) in [5.74, 6) is 0.250. The number of hydrogen-bond acceptors (Lipinski definition) is 5. The lowest BCUT2D eigenvalue weighted by Crippen LogP contribution is -2.05. The average molecular weight is 307 g/mol. The van der Waals surface area contributed by atoms with E-state index in [1.165, 1.54) is 0 Å². The van der Waals surface area contributed by atoms with Crippen molar-refractivity contribution in [3.8, 4) is 0 Å². The molecule has 0 aromatic carbocycles. The minimum Gasteiger partial charge on any atom is -0.324 e. The number of anilines is 2. The van der Waals surface area contributed by atoms with Crippen molar-refractivity contribution in [3.05, 3.63) is 46.0 Å². The van der Waals surface area contributed by atoms with Crippen LogP contribution >= 0.6 is 23.2 Å². The summed E-state index contributed by atoms with van der Waals surface area (Å²) in [4.78, 5) is 19.4. The Balaban J connectivity index is 1.88. The Morgan fingerprint density at radius 3 is 2.50 bits per heavy atom. The van der Waals surface area contributed by atoms with Crippen LogP contribution in [0.15, 0.2) is 18.3 Å². The normalized spacial score (nSPS) is 15.4. The fourth-order valence-electron chi connectivity index (χ4n) is 1.82. The molecule has 1 aliphatic carbocycles. The van der Waals surface area contributed by atoms with Gasteiger partial charge in [-0.15, -0.1) is 0 Å². The molecule has 100 valence electrons. The van der Waals surface area contributed by atoms with Gasteiger partial charge in [-0.2, -0.15) is 15.0 Å². The molecule has 2 aromatic heterocycles. The highest BCUT2D eigenvalue weighted by atomic mass is 35.5. The topological polar surface area (TPSA) is 68.0 Å². The van der Waals surface area contributed by atoms with Crippen LogP contribution in [0.5, 0.6) is 0 Å². The van der Waals surface area contributed by atoms with E-state index in [0.717, 1.165) is 24.2 Å². The number of pyridine rings is 1. The molecule has 2 aromatic rings. The first-order chi connectivity index (χ1) is 9.61. The summed E-state index contributed by atoms with van der Waals surface area (Å²) in [6.07, 6.45) is 3.33. The summed E-state index contributed by atoms with van der Waals surface area (Å²) in [5.41, 5.74) is 1.03. The standard InChI is InChI=1S/C12H8Cl2N6/c1-15-12(3-4-12)8-6-7(2-5-16-8)17-11-19-9(13)18-10(14)20-11/h2,5-6H,3-4H2,(H,16,17,18,19,20). The van der Waals surface area contributed by atoms with E-state index >= 15 is 0 Å². The van der Waals surface area contributed by atoms with Gasteiger partial charge in [-0.3, -0.25) is 4.98 Å². The SMILES string of the molecule is [C-]#[N+]C1(c2cc(Nc3nc(Cl)nc(Cl)n3)ccn2)CC1. The maximum atomic E-state index is 7.25. The Morgan fingerprint density at radius 2 is 1.90 bits per heavy atom. The first kappa shape index (κ1) is 13.0. The van der Waals surface area contributed by atoms with Crippen molar-refractivity contribution in [1.29, 1.82) is 0 Å². The van der Waals surface area contributed by atoms with Crippen LogP contribution < -0.4 is 5.32 Å². The Hall–Kier alpha value is -1.97. The van der Waals surface area contributed by atoms with Crippen molar-refractivity contribution in [2.45, 2.75) is 18.4 Å². The Morgan fingerprint density at radius 1 is 1.20 bits per heavy atom. The smallest absolute Gasteiger partial charge is 0.274 e. The lowest BCUT2D eigenvalue weighted by Gasteiger charge is -2.07. The van der Waals surface area contributed by atoms with E-state index in [1.807, 2.05) is 6.07 Å². The lowest BCUT2D eigenvalue weighted by atomic mass is 10.1. The number of nitrogens with one attached hydrogen (secondary N) is 1. The van der Waals surface area contributed by atoms with Gasteiger partial charge in [0.25, 0.3) is 5.54 Å². The van der Waals surface area contributed by atoms with Crippen molar-refractivity contribution in [3.63, 3.8) is 0 Å². The van der Waals surface area contributed by atoms with E-state index in [1.54, 1.807) is 12.3 Å². The number of hydrogen-bond donors (Lipinski definition) is 1. The zero-order valence-corrected chi connectivity index (χ0v) is 11.7. The van der Waals surface area contributed by atoms with Gasteiger partial charge in [-0.05, 0) is 35.3 Å². The van der Waals surface area contributed by atoms with Crippen molar-refractivity contribution in [2.24, 2.45) is 0 Å². The third-order valence-corrected chi connectivity index (χ3v) is 3.35. The molecule has 3 rings (SSSR count). The minimum atomic E-state index is -0.452. The monoisotopic (exact) mass is 306 g/mol. The summed E-state index contributed by atoms with van der Waals surface area (Å²) in [7, 11) is 0. The van der Waals surface area contributed by atoms with Crippen molar-refractivity contribution >= 4 is 34.8 Å². The van der Waals surface area contributed by atoms with Crippen molar-refractivity contribution in [2.75, 3.05) is 5.32 Å². The summed E-state index contributed by atoms with van der Waals surface area (Å²) >= 11 is 11.4. The molecule has 2 heterocycles. The highest BCUT2D eigenvalue weighted by molar-refractivity contribution is 6.31. The van der Waals surface area contributed by atoms with Crippen LogP contribution in [-0.2, 0) is 5.54 Å². The second-order valence-electron chi connectivity index (χ2n) is 4.40. The van der Waals surface area contributed by atoms with Gasteiger partial charge in [0.1, 0.15) is 5.69 Å². The van der Waals surface area contributed by atoms with E-state index in [4.69, 9.17) is 29.8 Å². The first-order valence-electron chi connectivity index (χ1n) is 5.81. The average Bonchev–Trinajstić information content (AvgIpc) is 3.19. The van der Waals surface area contributed by atoms with Crippen LogP contribution in [0.25, 0.3) is 4.85 Å². The van der Waals surface area contributed by atoms with E-state index < -0.39 is 5.54 Å². The van der Waals surface area contributed by atoms with E-state index in [-0.39, 0.29) is 16.5 Å². The van der Waals surface area contributed by atoms with Crippen LogP contribution in [0.4, 0.5) is 11.6 Å². The number of nitrogens with zero attached hydrogens (tertiary/aromatic N) is 5. The van der Waals surface area contributed by atoms with Crippen LogP contribution in [0, 0.1) is 6.57 Å². The van der Waals surface area contributed by atoms with E-state index in [2.05, 4.69) is 30.1 Å². The molecule has 0 bridgehead atoms. The predicted molar refractivity (Wildman–Crippen MR) is 74.9 cm³/mol.